The molecule has 0 bridgehead atoms. The summed E-state index contributed by atoms with van der Waals surface area (Å²) in [5.74, 6) is -0.790. The van der Waals surface area contributed by atoms with Crippen molar-refractivity contribution < 1.29 is 19.7 Å². The molecule has 1 aromatic heterocycles. The van der Waals surface area contributed by atoms with Crippen molar-refractivity contribution in [3.05, 3.63) is 46.1 Å². The number of hydrogen-bond acceptors (Lipinski definition) is 5. The third kappa shape index (κ3) is 1.89. The van der Waals surface area contributed by atoms with Crippen LogP contribution in [-0.2, 0) is 10.4 Å². The van der Waals surface area contributed by atoms with Gasteiger partial charge >= 0.3 is 0 Å². The van der Waals surface area contributed by atoms with E-state index >= 15 is 0 Å². The van der Waals surface area contributed by atoms with Crippen molar-refractivity contribution in [2.24, 2.45) is 0 Å². The fourth-order valence-electron chi connectivity index (χ4n) is 2.36. The highest BCUT2D eigenvalue weighted by molar-refractivity contribution is 9.10. The zero-order valence-corrected chi connectivity index (χ0v) is 12.5. The quantitative estimate of drug-likeness (QED) is 0.767. The van der Waals surface area contributed by atoms with E-state index in [1.165, 1.54) is 19.2 Å². The number of carbonyl (C=O) groups excluding carboxylic acids is 1. The van der Waals surface area contributed by atoms with E-state index in [1.54, 1.807) is 18.2 Å². The molecule has 1 aromatic carbocycles. The maximum Gasteiger partial charge on any atom is 0.267 e. The highest BCUT2D eigenvalue weighted by Crippen LogP contribution is 2.46. The number of ether oxygens (including phenoxy) is 1. The SMILES string of the molecule is COc1ccc(O)c(C2(O)C(=O)Nc3cccc(Br)c32)n1. The number of aromatic hydroxyl groups is 1. The third-order valence-corrected chi connectivity index (χ3v) is 4.01. The van der Waals surface area contributed by atoms with Gasteiger partial charge in [-0.1, -0.05) is 22.0 Å². The predicted octanol–water partition coefficient (Wildman–Crippen LogP) is 1.75. The molecule has 108 valence electrons. The minimum atomic E-state index is -2.09. The molecule has 3 rings (SSSR count). The third-order valence-electron chi connectivity index (χ3n) is 3.35. The summed E-state index contributed by atoms with van der Waals surface area (Å²) in [6.07, 6.45) is 0. The van der Waals surface area contributed by atoms with E-state index in [2.05, 4.69) is 26.2 Å². The first-order chi connectivity index (χ1) is 9.98. The maximum atomic E-state index is 12.3. The van der Waals surface area contributed by atoms with Gasteiger partial charge in [-0.05, 0) is 18.2 Å². The van der Waals surface area contributed by atoms with Gasteiger partial charge < -0.3 is 20.3 Å². The maximum absolute atomic E-state index is 12.3. The van der Waals surface area contributed by atoms with Crippen LogP contribution in [0, 0.1) is 0 Å². The average Bonchev–Trinajstić information content (AvgIpc) is 2.73. The minimum absolute atomic E-state index is 0.176. The lowest BCUT2D eigenvalue weighted by atomic mass is 9.90. The second-order valence-electron chi connectivity index (χ2n) is 4.55. The van der Waals surface area contributed by atoms with Gasteiger partial charge in [0.05, 0.1) is 7.11 Å². The van der Waals surface area contributed by atoms with Crippen LogP contribution in [-0.4, -0.2) is 28.2 Å². The Bertz CT molecular complexity index is 750. The van der Waals surface area contributed by atoms with Gasteiger partial charge in [-0.25, -0.2) is 4.98 Å². The first-order valence-electron chi connectivity index (χ1n) is 6.05. The Morgan fingerprint density at radius 3 is 2.81 bits per heavy atom. The van der Waals surface area contributed by atoms with Gasteiger partial charge in [0.25, 0.3) is 5.91 Å². The van der Waals surface area contributed by atoms with E-state index in [-0.39, 0.29) is 17.3 Å². The fourth-order valence-corrected chi connectivity index (χ4v) is 3.02. The summed E-state index contributed by atoms with van der Waals surface area (Å²) in [5, 5.41) is 23.5. The molecule has 0 saturated heterocycles. The van der Waals surface area contributed by atoms with Crippen LogP contribution in [0.25, 0.3) is 0 Å². The van der Waals surface area contributed by atoms with Crippen molar-refractivity contribution in [1.82, 2.24) is 4.98 Å². The molecule has 2 heterocycles. The molecular weight excluding hydrogens is 340 g/mol. The molecular formula is C14H11BrN2O4. The molecule has 6 nitrogen and oxygen atoms in total. The van der Waals surface area contributed by atoms with Crippen molar-refractivity contribution in [2.45, 2.75) is 5.60 Å². The van der Waals surface area contributed by atoms with Crippen LogP contribution in [0.1, 0.15) is 11.3 Å². The van der Waals surface area contributed by atoms with E-state index in [0.717, 1.165) is 0 Å². The highest BCUT2D eigenvalue weighted by atomic mass is 79.9. The fraction of sp³-hybridized carbons (Fsp3) is 0.143. The molecule has 1 aliphatic rings. The number of carbonyl (C=O) groups is 1. The molecule has 0 saturated carbocycles. The van der Waals surface area contributed by atoms with Crippen LogP contribution >= 0.6 is 15.9 Å². The van der Waals surface area contributed by atoms with Crippen LogP contribution < -0.4 is 10.1 Å². The van der Waals surface area contributed by atoms with E-state index in [4.69, 9.17) is 4.74 Å². The summed E-state index contributed by atoms with van der Waals surface area (Å²) in [7, 11) is 1.41. The Morgan fingerprint density at radius 1 is 1.33 bits per heavy atom. The second kappa shape index (κ2) is 4.71. The van der Waals surface area contributed by atoms with Crippen molar-refractivity contribution in [2.75, 3.05) is 12.4 Å². The summed E-state index contributed by atoms with van der Waals surface area (Å²) in [4.78, 5) is 16.3. The van der Waals surface area contributed by atoms with Gasteiger partial charge in [0.15, 0.2) is 0 Å². The van der Waals surface area contributed by atoms with Crippen molar-refractivity contribution >= 4 is 27.5 Å². The van der Waals surface area contributed by atoms with Crippen LogP contribution in [0.3, 0.4) is 0 Å². The summed E-state index contributed by atoms with van der Waals surface area (Å²) >= 11 is 3.31. The highest BCUT2D eigenvalue weighted by Gasteiger charge is 2.51. The molecule has 1 unspecified atom stereocenters. The van der Waals surface area contributed by atoms with Crippen LogP contribution in [0.15, 0.2) is 34.8 Å². The summed E-state index contributed by atoms with van der Waals surface area (Å²) < 4.78 is 5.52. The number of nitrogens with zero attached hydrogens (tertiary/aromatic N) is 1. The van der Waals surface area contributed by atoms with Gasteiger partial charge in [-0.2, -0.15) is 0 Å². The molecule has 0 spiro atoms. The van der Waals surface area contributed by atoms with Gasteiger partial charge in [-0.15, -0.1) is 0 Å². The average molecular weight is 351 g/mol. The summed E-state index contributed by atoms with van der Waals surface area (Å²) in [6.45, 7) is 0. The molecule has 7 heteroatoms. The smallest absolute Gasteiger partial charge is 0.267 e. The molecule has 2 aromatic rings. The number of halogens is 1. The number of methoxy groups -OCH3 is 1. The van der Waals surface area contributed by atoms with Crippen molar-refractivity contribution in [1.29, 1.82) is 0 Å². The number of benzene rings is 1. The van der Waals surface area contributed by atoms with E-state index < -0.39 is 11.5 Å². The zero-order chi connectivity index (χ0) is 15.2. The topological polar surface area (TPSA) is 91.7 Å². The lowest BCUT2D eigenvalue weighted by Crippen LogP contribution is -2.36. The lowest BCUT2D eigenvalue weighted by molar-refractivity contribution is -0.130. The molecule has 0 aliphatic carbocycles. The van der Waals surface area contributed by atoms with Gasteiger partial charge in [0, 0.05) is 21.8 Å². The number of nitrogens with one attached hydrogen (secondary N) is 1. The number of anilines is 1. The monoisotopic (exact) mass is 350 g/mol. The first kappa shape index (κ1) is 13.8. The summed E-state index contributed by atoms with van der Waals surface area (Å²) in [6, 6.07) is 7.85. The largest absolute Gasteiger partial charge is 0.506 e. The normalized spacial score (nSPS) is 20.0. The standard InChI is InChI=1S/C14H11BrN2O4/c1-21-10-6-5-9(18)12(17-10)14(20)11-7(15)3-2-4-8(11)16-13(14)19/h2-6,18,20H,1H3,(H,16,19). The zero-order valence-electron chi connectivity index (χ0n) is 10.9. The number of rotatable bonds is 2. The number of amides is 1. The molecule has 0 fully saturated rings. The molecule has 21 heavy (non-hydrogen) atoms. The van der Waals surface area contributed by atoms with E-state index in [0.29, 0.717) is 15.7 Å². The van der Waals surface area contributed by atoms with Crippen LogP contribution in [0.5, 0.6) is 11.6 Å². The Morgan fingerprint density at radius 2 is 2.10 bits per heavy atom. The van der Waals surface area contributed by atoms with Gasteiger partial charge in [0.1, 0.15) is 11.4 Å². The predicted molar refractivity (Wildman–Crippen MR) is 78.2 cm³/mol. The number of aromatic nitrogens is 1. The number of pyridine rings is 1. The van der Waals surface area contributed by atoms with Crippen molar-refractivity contribution in [3.8, 4) is 11.6 Å². The Hall–Kier alpha value is -2.12. The molecule has 0 radical (unpaired) electrons. The van der Waals surface area contributed by atoms with Crippen LogP contribution in [0.4, 0.5) is 5.69 Å². The Labute approximate surface area is 128 Å². The minimum Gasteiger partial charge on any atom is -0.506 e. The van der Waals surface area contributed by atoms with Gasteiger partial charge in [-0.3, -0.25) is 4.79 Å². The number of fused-ring (bicyclic) bond motifs is 1. The lowest BCUT2D eigenvalue weighted by Gasteiger charge is -2.22. The molecule has 1 amide bonds. The summed E-state index contributed by atoms with van der Waals surface area (Å²) in [5.41, 5.74) is -1.49. The van der Waals surface area contributed by atoms with E-state index in [9.17, 15) is 15.0 Å². The molecule has 1 atom stereocenters. The Balaban J connectivity index is 2.30. The number of hydrogen-bond donors (Lipinski definition) is 3. The Kier molecular flexibility index (Phi) is 3.11. The second-order valence-corrected chi connectivity index (χ2v) is 5.40. The molecule has 1 aliphatic heterocycles. The first-order valence-corrected chi connectivity index (χ1v) is 6.85. The van der Waals surface area contributed by atoms with Crippen LogP contribution in [0.2, 0.25) is 0 Å². The van der Waals surface area contributed by atoms with Crippen molar-refractivity contribution in [3.63, 3.8) is 0 Å². The number of aliphatic hydroxyl groups is 1. The van der Waals surface area contributed by atoms with Gasteiger partial charge in [0.2, 0.25) is 11.5 Å². The molecule has 3 N–H and O–H groups in total. The van der Waals surface area contributed by atoms with E-state index in [1.807, 2.05) is 0 Å².